The van der Waals surface area contributed by atoms with Crippen molar-refractivity contribution < 1.29 is 9.72 Å². The summed E-state index contributed by atoms with van der Waals surface area (Å²) in [5, 5.41) is 16.1. The van der Waals surface area contributed by atoms with Crippen molar-refractivity contribution in [2.24, 2.45) is 5.10 Å². The highest BCUT2D eigenvalue weighted by molar-refractivity contribution is 6.07. The van der Waals surface area contributed by atoms with Crippen LogP contribution in [-0.2, 0) is 0 Å². The first-order valence-corrected chi connectivity index (χ1v) is 12.1. The molecule has 0 atom stereocenters. The molecule has 5 rings (SSSR count). The number of hydrogen-bond acceptors (Lipinski definition) is 5. The van der Waals surface area contributed by atoms with Crippen molar-refractivity contribution in [1.82, 2.24) is 15.0 Å². The van der Waals surface area contributed by atoms with Crippen LogP contribution in [0.3, 0.4) is 0 Å². The van der Waals surface area contributed by atoms with Crippen molar-refractivity contribution in [3.8, 4) is 16.9 Å². The van der Waals surface area contributed by atoms with Gasteiger partial charge in [0, 0.05) is 45.7 Å². The Bertz CT molecular complexity index is 1720. The van der Waals surface area contributed by atoms with E-state index in [-0.39, 0.29) is 11.6 Å². The number of carbonyl (C=O) groups excluding carboxylic acids is 1. The molecule has 1 N–H and O–H groups in total. The van der Waals surface area contributed by atoms with Crippen molar-refractivity contribution >= 4 is 28.7 Å². The van der Waals surface area contributed by atoms with Gasteiger partial charge in [-0.1, -0.05) is 48.5 Å². The van der Waals surface area contributed by atoms with E-state index in [1.54, 1.807) is 24.4 Å². The van der Waals surface area contributed by atoms with Gasteiger partial charge >= 0.3 is 0 Å². The Balaban J connectivity index is 1.43. The predicted molar refractivity (Wildman–Crippen MR) is 149 cm³/mol. The van der Waals surface area contributed by atoms with E-state index < -0.39 is 4.92 Å². The molecule has 2 heterocycles. The smallest absolute Gasteiger partial charge is 0.272 e. The van der Waals surface area contributed by atoms with Crippen LogP contribution in [0.5, 0.6) is 0 Å². The summed E-state index contributed by atoms with van der Waals surface area (Å²) in [5.41, 5.74) is 9.87. The molecule has 0 spiro atoms. The molecule has 188 valence electrons. The van der Waals surface area contributed by atoms with Crippen molar-refractivity contribution in [3.05, 3.63) is 123 Å². The Hall–Kier alpha value is -5.11. The second-order valence-corrected chi connectivity index (χ2v) is 9.03. The number of nitrogens with zero attached hydrogens (tertiary/aromatic N) is 4. The summed E-state index contributed by atoms with van der Waals surface area (Å²) in [4.78, 5) is 28.7. The second-order valence-electron chi connectivity index (χ2n) is 9.03. The summed E-state index contributed by atoms with van der Waals surface area (Å²) in [7, 11) is 0. The molecular weight excluding hydrogens is 478 g/mol. The molecule has 0 unspecified atom stereocenters. The first kappa shape index (κ1) is 24.6. The van der Waals surface area contributed by atoms with Crippen molar-refractivity contribution in [2.75, 3.05) is 0 Å². The SMILES string of the molecule is Cc1cc([N+](=O)[O-])ccc1-n1c(C)cc(/C=N/NC(=O)c2cc(-c3ccccc3)nc3ccccc23)c1C. The number of hydrogen-bond donors (Lipinski definition) is 1. The van der Waals surface area contributed by atoms with E-state index in [9.17, 15) is 14.9 Å². The number of amides is 1. The third-order valence-electron chi connectivity index (χ3n) is 6.50. The molecule has 0 bridgehead atoms. The van der Waals surface area contributed by atoms with Crippen LogP contribution in [0.25, 0.3) is 27.8 Å². The lowest BCUT2D eigenvalue weighted by Crippen LogP contribution is -2.18. The minimum atomic E-state index is -0.401. The van der Waals surface area contributed by atoms with Crippen LogP contribution in [0, 0.1) is 30.9 Å². The maximum atomic E-state index is 13.2. The van der Waals surface area contributed by atoms with Gasteiger partial charge in [0.05, 0.1) is 27.9 Å². The summed E-state index contributed by atoms with van der Waals surface area (Å²) in [6.07, 6.45) is 1.61. The molecule has 5 aromatic rings. The Labute approximate surface area is 219 Å². The largest absolute Gasteiger partial charge is 0.318 e. The summed E-state index contributed by atoms with van der Waals surface area (Å²) in [6.45, 7) is 5.75. The fourth-order valence-electron chi connectivity index (χ4n) is 4.63. The summed E-state index contributed by atoms with van der Waals surface area (Å²) in [5.74, 6) is -0.336. The van der Waals surface area contributed by atoms with Crippen molar-refractivity contribution in [2.45, 2.75) is 20.8 Å². The number of nitro groups is 1. The standard InChI is InChI=1S/C30H25N5O3/c1-19-15-24(35(37)38)13-14-29(19)34-20(2)16-23(21(34)3)18-31-33-30(36)26-17-28(22-9-5-4-6-10-22)32-27-12-8-7-11-25(26)27/h4-18H,1-3H3,(H,33,36)/b31-18+. The van der Waals surface area contributed by atoms with E-state index in [1.807, 2.05) is 86.0 Å². The topological polar surface area (TPSA) is 102 Å². The van der Waals surface area contributed by atoms with Crippen LogP contribution < -0.4 is 5.43 Å². The molecule has 0 saturated carbocycles. The average molecular weight is 504 g/mol. The maximum Gasteiger partial charge on any atom is 0.272 e. The fraction of sp³-hybridized carbons (Fsp3) is 0.100. The van der Waals surface area contributed by atoms with Crippen LogP contribution in [0.15, 0.2) is 90.0 Å². The molecule has 8 nitrogen and oxygen atoms in total. The highest BCUT2D eigenvalue weighted by atomic mass is 16.6. The number of aromatic nitrogens is 2. The predicted octanol–water partition coefficient (Wildman–Crippen LogP) is 6.29. The Morgan fingerprint density at radius 1 is 0.974 bits per heavy atom. The number of fused-ring (bicyclic) bond motifs is 1. The molecule has 0 fully saturated rings. The van der Waals surface area contributed by atoms with Crippen LogP contribution >= 0.6 is 0 Å². The third kappa shape index (κ3) is 4.67. The minimum absolute atomic E-state index is 0.0530. The number of hydrazone groups is 1. The van der Waals surface area contributed by atoms with E-state index in [2.05, 4.69) is 10.5 Å². The summed E-state index contributed by atoms with van der Waals surface area (Å²) >= 11 is 0. The highest BCUT2D eigenvalue weighted by Crippen LogP contribution is 2.26. The zero-order valence-corrected chi connectivity index (χ0v) is 21.2. The van der Waals surface area contributed by atoms with E-state index in [0.29, 0.717) is 11.3 Å². The molecule has 0 radical (unpaired) electrons. The fourth-order valence-corrected chi connectivity index (χ4v) is 4.63. The van der Waals surface area contributed by atoms with Gasteiger partial charge in [-0.25, -0.2) is 10.4 Å². The Kier molecular flexibility index (Phi) is 6.53. The zero-order chi connectivity index (χ0) is 26.8. The molecule has 0 aliphatic rings. The molecule has 0 aliphatic heterocycles. The molecule has 0 aliphatic carbocycles. The molecule has 38 heavy (non-hydrogen) atoms. The maximum absolute atomic E-state index is 13.2. The van der Waals surface area contributed by atoms with Gasteiger partial charge in [-0.15, -0.1) is 0 Å². The molecule has 3 aromatic carbocycles. The van der Waals surface area contributed by atoms with Gasteiger partial charge < -0.3 is 4.57 Å². The average Bonchev–Trinajstić information content (AvgIpc) is 3.20. The van der Waals surface area contributed by atoms with Gasteiger partial charge in [0.25, 0.3) is 11.6 Å². The molecule has 8 heteroatoms. The van der Waals surface area contributed by atoms with Gasteiger partial charge in [-0.2, -0.15) is 5.10 Å². The summed E-state index contributed by atoms with van der Waals surface area (Å²) in [6, 6.07) is 25.8. The van der Waals surface area contributed by atoms with E-state index in [1.165, 1.54) is 6.07 Å². The Morgan fingerprint density at radius 3 is 2.45 bits per heavy atom. The van der Waals surface area contributed by atoms with Crippen LogP contribution in [0.2, 0.25) is 0 Å². The van der Waals surface area contributed by atoms with Gasteiger partial charge in [0.2, 0.25) is 0 Å². The van der Waals surface area contributed by atoms with E-state index in [0.717, 1.165) is 44.7 Å². The first-order chi connectivity index (χ1) is 18.3. The lowest BCUT2D eigenvalue weighted by atomic mass is 10.0. The highest BCUT2D eigenvalue weighted by Gasteiger charge is 2.16. The van der Waals surface area contributed by atoms with Crippen molar-refractivity contribution in [1.29, 1.82) is 0 Å². The zero-order valence-electron chi connectivity index (χ0n) is 21.2. The number of nitro benzene ring substituents is 1. The number of nitrogens with one attached hydrogen (secondary N) is 1. The number of non-ortho nitro benzene ring substituents is 1. The monoisotopic (exact) mass is 503 g/mol. The van der Waals surface area contributed by atoms with Gasteiger partial charge in [-0.3, -0.25) is 14.9 Å². The van der Waals surface area contributed by atoms with E-state index in [4.69, 9.17) is 4.98 Å². The van der Waals surface area contributed by atoms with Crippen LogP contribution in [0.4, 0.5) is 5.69 Å². The van der Waals surface area contributed by atoms with Gasteiger partial charge in [0.15, 0.2) is 0 Å². The number of rotatable bonds is 6. The summed E-state index contributed by atoms with van der Waals surface area (Å²) < 4.78 is 2.02. The van der Waals surface area contributed by atoms with Gasteiger partial charge in [0.1, 0.15) is 0 Å². The molecule has 0 saturated heterocycles. The lowest BCUT2D eigenvalue weighted by Gasteiger charge is -2.12. The second kappa shape index (κ2) is 10.1. The number of para-hydroxylation sites is 1. The van der Waals surface area contributed by atoms with Crippen molar-refractivity contribution in [3.63, 3.8) is 0 Å². The lowest BCUT2D eigenvalue weighted by molar-refractivity contribution is -0.384. The molecule has 1 amide bonds. The normalized spacial score (nSPS) is 11.2. The van der Waals surface area contributed by atoms with Gasteiger partial charge in [-0.05, 0) is 50.6 Å². The number of carbonyl (C=O) groups is 1. The minimum Gasteiger partial charge on any atom is -0.318 e. The third-order valence-corrected chi connectivity index (χ3v) is 6.50. The molecular formula is C30H25N5O3. The Morgan fingerprint density at radius 2 is 1.71 bits per heavy atom. The van der Waals surface area contributed by atoms with Crippen LogP contribution in [0.1, 0.15) is 32.9 Å². The van der Waals surface area contributed by atoms with Crippen LogP contribution in [-0.4, -0.2) is 26.6 Å². The number of benzene rings is 3. The quantitative estimate of drug-likeness (QED) is 0.167. The molecule has 2 aromatic heterocycles. The first-order valence-electron chi connectivity index (χ1n) is 12.1. The number of aryl methyl sites for hydroxylation is 2. The van der Waals surface area contributed by atoms with E-state index >= 15 is 0 Å². The number of pyridine rings is 1.